The Labute approximate surface area is 106 Å². The summed E-state index contributed by atoms with van der Waals surface area (Å²) in [5, 5.41) is 19.7. The Morgan fingerprint density at radius 3 is 2.89 bits per heavy atom. The molecule has 0 unspecified atom stereocenters. The number of imidazole rings is 1. The van der Waals surface area contributed by atoms with Crippen LogP contribution in [0.25, 0.3) is 11.0 Å². The molecule has 88 valence electrons. The second kappa shape index (κ2) is 4.74. The topological polar surface area (TPSA) is 88.3 Å². The van der Waals surface area contributed by atoms with Gasteiger partial charge >= 0.3 is 0 Å². The molecule has 1 aromatic heterocycles. The van der Waals surface area contributed by atoms with Crippen LogP contribution < -0.4 is 5.32 Å². The van der Waals surface area contributed by atoms with Crippen LogP contribution in [0.1, 0.15) is 0 Å². The number of fused-ring (bicyclic) bond motifs is 1. The van der Waals surface area contributed by atoms with Gasteiger partial charge in [0.05, 0.1) is 22.6 Å². The number of rotatable bonds is 2. The van der Waals surface area contributed by atoms with Crippen LogP contribution in [0.5, 0.6) is 0 Å². The summed E-state index contributed by atoms with van der Waals surface area (Å²) in [5.41, 5.74) is 0.380. The molecule has 2 rings (SSSR count). The van der Waals surface area contributed by atoms with E-state index in [1.165, 1.54) is 12.4 Å². The van der Waals surface area contributed by atoms with Gasteiger partial charge in [-0.2, -0.15) is 10.5 Å². The highest BCUT2D eigenvalue weighted by atomic mass is 35.5. The van der Waals surface area contributed by atoms with E-state index in [2.05, 4.69) is 15.3 Å². The first-order chi connectivity index (χ1) is 8.67. The molecule has 1 heterocycles. The summed E-state index contributed by atoms with van der Waals surface area (Å²) in [4.78, 5) is 6.54. The van der Waals surface area contributed by atoms with Crippen molar-refractivity contribution >= 4 is 28.3 Å². The van der Waals surface area contributed by atoms with E-state index in [0.29, 0.717) is 5.52 Å². The number of H-pyrrole nitrogens is 1. The van der Waals surface area contributed by atoms with E-state index in [0.717, 1.165) is 6.20 Å². The van der Waals surface area contributed by atoms with E-state index in [-0.39, 0.29) is 21.8 Å². The largest absolute Gasteiger partial charge is 0.356 e. The predicted octanol–water partition coefficient (Wildman–Crippen LogP) is 2.70. The third kappa shape index (κ3) is 1.97. The Morgan fingerprint density at radius 1 is 1.50 bits per heavy atom. The highest BCUT2D eigenvalue weighted by Gasteiger charge is 2.13. The van der Waals surface area contributed by atoms with Gasteiger partial charge in [0.1, 0.15) is 23.2 Å². The van der Waals surface area contributed by atoms with Crippen LogP contribution >= 0.6 is 11.6 Å². The fourth-order valence-corrected chi connectivity index (χ4v) is 1.62. The maximum atomic E-state index is 14.0. The maximum absolute atomic E-state index is 14.0. The minimum atomic E-state index is -0.648. The average Bonchev–Trinajstić information content (AvgIpc) is 2.82. The molecule has 0 bridgehead atoms. The van der Waals surface area contributed by atoms with Crippen molar-refractivity contribution in [1.82, 2.24) is 9.97 Å². The number of nitrogens with zero attached hydrogens (tertiary/aromatic N) is 3. The molecule has 7 heteroatoms. The summed E-state index contributed by atoms with van der Waals surface area (Å²) in [5.74, 6) is -0.648. The van der Waals surface area contributed by atoms with Gasteiger partial charge in [0.25, 0.3) is 0 Å². The summed E-state index contributed by atoms with van der Waals surface area (Å²) in [6.07, 6.45) is 2.43. The zero-order valence-electron chi connectivity index (χ0n) is 8.83. The van der Waals surface area contributed by atoms with Crippen molar-refractivity contribution in [3.05, 3.63) is 35.0 Å². The van der Waals surface area contributed by atoms with Gasteiger partial charge in [-0.25, -0.2) is 9.37 Å². The molecule has 0 atom stereocenters. The smallest absolute Gasteiger partial charge is 0.175 e. The highest BCUT2D eigenvalue weighted by molar-refractivity contribution is 6.34. The van der Waals surface area contributed by atoms with Gasteiger partial charge in [-0.05, 0) is 6.07 Å². The first-order valence-electron chi connectivity index (χ1n) is 4.75. The second-order valence-electron chi connectivity index (χ2n) is 3.27. The number of benzene rings is 1. The minimum absolute atomic E-state index is 0.0285. The molecular formula is C11H5ClFN5. The summed E-state index contributed by atoms with van der Waals surface area (Å²) < 4.78 is 14.0. The predicted molar refractivity (Wildman–Crippen MR) is 64.0 cm³/mol. The van der Waals surface area contributed by atoms with Crippen LogP contribution in [0.3, 0.4) is 0 Å². The van der Waals surface area contributed by atoms with Gasteiger partial charge in [0, 0.05) is 6.20 Å². The molecule has 0 saturated heterocycles. The van der Waals surface area contributed by atoms with Gasteiger partial charge in [0.15, 0.2) is 5.82 Å². The number of hydrogen-bond acceptors (Lipinski definition) is 4. The van der Waals surface area contributed by atoms with Crippen LogP contribution in [0.4, 0.5) is 10.1 Å². The van der Waals surface area contributed by atoms with Crippen molar-refractivity contribution in [3.8, 4) is 12.1 Å². The number of nitriles is 2. The van der Waals surface area contributed by atoms with E-state index in [1.54, 1.807) is 12.1 Å². The molecule has 0 radical (unpaired) electrons. The fraction of sp³-hybridized carbons (Fsp3) is 0. The molecule has 2 N–H and O–H groups in total. The molecule has 0 saturated carbocycles. The van der Waals surface area contributed by atoms with E-state index in [9.17, 15) is 4.39 Å². The molecule has 0 aliphatic heterocycles. The second-order valence-corrected chi connectivity index (χ2v) is 3.68. The number of halogens is 2. The number of hydrogen-bond donors (Lipinski definition) is 2. The first kappa shape index (κ1) is 11.9. The first-order valence-corrected chi connectivity index (χ1v) is 5.13. The normalized spacial score (nSPS) is 9.56. The zero-order valence-corrected chi connectivity index (χ0v) is 9.59. The molecule has 0 aliphatic carbocycles. The van der Waals surface area contributed by atoms with Crippen molar-refractivity contribution in [2.45, 2.75) is 0 Å². The molecule has 2 aromatic rings. The molecule has 1 aromatic carbocycles. The van der Waals surface area contributed by atoms with Gasteiger partial charge in [-0.1, -0.05) is 11.6 Å². The van der Waals surface area contributed by atoms with Crippen molar-refractivity contribution in [2.24, 2.45) is 0 Å². The monoisotopic (exact) mass is 261 g/mol. The third-order valence-corrected chi connectivity index (χ3v) is 2.51. The minimum Gasteiger partial charge on any atom is -0.356 e. The Balaban J connectivity index is 2.49. The van der Waals surface area contributed by atoms with Crippen LogP contribution in [0.15, 0.2) is 24.2 Å². The van der Waals surface area contributed by atoms with Crippen LogP contribution in [-0.2, 0) is 0 Å². The Bertz CT molecular complexity index is 703. The van der Waals surface area contributed by atoms with Gasteiger partial charge in [0.2, 0.25) is 0 Å². The Morgan fingerprint density at radius 2 is 2.22 bits per heavy atom. The number of anilines is 1. The number of allylic oxidation sites excluding steroid dienone is 1. The highest BCUT2D eigenvalue weighted by Crippen LogP contribution is 2.30. The van der Waals surface area contributed by atoms with E-state index >= 15 is 0 Å². The maximum Gasteiger partial charge on any atom is 0.175 e. The summed E-state index contributed by atoms with van der Waals surface area (Å²) in [6.45, 7) is 0. The van der Waals surface area contributed by atoms with Crippen molar-refractivity contribution in [2.75, 3.05) is 5.32 Å². The van der Waals surface area contributed by atoms with Crippen LogP contribution in [0.2, 0.25) is 5.02 Å². The number of aromatic amines is 1. The molecule has 0 aliphatic rings. The molecule has 0 spiro atoms. The molecule has 5 nitrogen and oxygen atoms in total. The molecule has 0 amide bonds. The SMILES string of the molecule is N#CC(C#N)=CNc1c(Cl)cc2[nH]cnc2c1F. The van der Waals surface area contributed by atoms with Gasteiger partial charge in [-0.3, -0.25) is 0 Å². The van der Waals surface area contributed by atoms with E-state index in [4.69, 9.17) is 22.1 Å². The summed E-state index contributed by atoms with van der Waals surface area (Å²) in [7, 11) is 0. The third-order valence-electron chi connectivity index (χ3n) is 2.21. The lowest BCUT2D eigenvalue weighted by atomic mass is 10.2. The quantitative estimate of drug-likeness (QED) is 0.814. The van der Waals surface area contributed by atoms with Crippen molar-refractivity contribution < 1.29 is 4.39 Å². The number of nitrogens with one attached hydrogen (secondary N) is 2. The lowest BCUT2D eigenvalue weighted by Gasteiger charge is -2.05. The van der Waals surface area contributed by atoms with E-state index < -0.39 is 5.82 Å². The van der Waals surface area contributed by atoms with Crippen molar-refractivity contribution in [3.63, 3.8) is 0 Å². The molecule has 0 fully saturated rings. The van der Waals surface area contributed by atoms with Gasteiger partial charge in [-0.15, -0.1) is 0 Å². The molecule has 18 heavy (non-hydrogen) atoms. The van der Waals surface area contributed by atoms with Crippen molar-refractivity contribution in [1.29, 1.82) is 10.5 Å². The van der Waals surface area contributed by atoms with Crippen LogP contribution in [0, 0.1) is 28.5 Å². The lowest BCUT2D eigenvalue weighted by Crippen LogP contribution is -1.96. The lowest BCUT2D eigenvalue weighted by molar-refractivity contribution is 0.641. The van der Waals surface area contributed by atoms with E-state index in [1.807, 2.05) is 0 Å². The fourth-order valence-electron chi connectivity index (χ4n) is 1.38. The Hall–Kier alpha value is -2.57. The standard InChI is InChI=1S/C11H5ClFN5/c12-7-1-8-11(18-5-17-8)9(13)10(7)16-4-6(2-14)3-15/h1,4-5,16H,(H,17,18). The molecular weight excluding hydrogens is 257 g/mol. The number of aromatic nitrogens is 2. The summed E-state index contributed by atoms with van der Waals surface area (Å²) in [6, 6.07) is 4.79. The van der Waals surface area contributed by atoms with Gasteiger partial charge < -0.3 is 10.3 Å². The zero-order chi connectivity index (χ0) is 13.1. The summed E-state index contributed by atoms with van der Waals surface area (Å²) >= 11 is 5.89. The average molecular weight is 262 g/mol. The Kier molecular flexibility index (Phi) is 3.13. The van der Waals surface area contributed by atoms with Crippen LogP contribution in [-0.4, -0.2) is 9.97 Å².